The van der Waals surface area contributed by atoms with E-state index >= 15 is 0 Å². The van der Waals surface area contributed by atoms with Crippen LogP contribution in [0.2, 0.25) is 0 Å². The molecule has 0 aliphatic carbocycles. The molecule has 11 heavy (non-hydrogen) atoms. The lowest BCUT2D eigenvalue weighted by Gasteiger charge is -2.10. The summed E-state index contributed by atoms with van der Waals surface area (Å²) < 4.78 is -1.80. The van der Waals surface area contributed by atoms with Crippen LogP contribution in [-0.4, -0.2) is 11.1 Å². The Labute approximate surface area is 77.4 Å². The molecule has 1 N–H and O–H groups in total. The highest BCUT2D eigenvalue weighted by molar-refractivity contribution is 7.11. The number of thiophene rings is 1. The zero-order valence-corrected chi connectivity index (χ0v) is 7.58. The van der Waals surface area contributed by atoms with Crippen LogP contribution >= 0.6 is 34.5 Å². The van der Waals surface area contributed by atoms with Gasteiger partial charge in [0.25, 0.3) is 0 Å². The Hall–Kier alpha value is -0.250. The highest BCUT2D eigenvalue weighted by Gasteiger charge is 2.36. The van der Waals surface area contributed by atoms with Crippen molar-refractivity contribution in [1.29, 1.82) is 0 Å². The first kappa shape index (κ1) is 8.84. The van der Waals surface area contributed by atoms with E-state index in [9.17, 15) is 4.79 Å². The molecule has 60 valence electrons. The molecule has 1 aromatic heterocycles. The number of carbonyl (C=O) groups is 1. The van der Waals surface area contributed by atoms with Gasteiger partial charge < -0.3 is 5.11 Å². The topological polar surface area (TPSA) is 37.3 Å². The number of hydrogen-bond donors (Lipinski definition) is 1. The van der Waals surface area contributed by atoms with E-state index in [2.05, 4.69) is 0 Å². The van der Waals surface area contributed by atoms with E-state index in [0.29, 0.717) is 4.88 Å². The van der Waals surface area contributed by atoms with Gasteiger partial charge in [0, 0.05) is 0 Å². The molecule has 0 amide bonds. The minimum absolute atomic E-state index is 0.424. The third-order valence-electron chi connectivity index (χ3n) is 1.10. The maximum Gasteiger partial charge on any atom is 0.345 e. The van der Waals surface area contributed by atoms with Gasteiger partial charge in [0.05, 0.1) is 4.88 Å². The molecule has 5 heteroatoms. The maximum absolute atomic E-state index is 10.5. The Morgan fingerprint density at radius 1 is 1.64 bits per heavy atom. The predicted molar refractivity (Wildman–Crippen MR) is 45.3 cm³/mol. The van der Waals surface area contributed by atoms with Crippen molar-refractivity contribution in [2.75, 3.05) is 0 Å². The van der Waals surface area contributed by atoms with Gasteiger partial charge in [-0.2, -0.15) is 0 Å². The van der Waals surface area contributed by atoms with Crippen LogP contribution in [0.3, 0.4) is 0 Å². The molecule has 0 saturated carbocycles. The largest absolute Gasteiger partial charge is 0.479 e. The van der Waals surface area contributed by atoms with Crippen molar-refractivity contribution >= 4 is 40.5 Å². The van der Waals surface area contributed by atoms with Gasteiger partial charge in [-0.3, -0.25) is 0 Å². The number of rotatable bonds is 2. The fraction of sp³-hybridized carbons (Fsp3) is 0.167. The summed E-state index contributed by atoms with van der Waals surface area (Å²) in [5, 5.41) is 10.3. The van der Waals surface area contributed by atoms with E-state index in [1.54, 1.807) is 17.5 Å². The molecule has 0 bridgehead atoms. The summed E-state index contributed by atoms with van der Waals surface area (Å²) in [7, 11) is 0. The van der Waals surface area contributed by atoms with E-state index in [4.69, 9.17) is 28.3 Å². The average molecular weight is 211 g/mol. The molecule has 0 saturated heterocycles. The molecule has 0 fully saturated rings. The standard InChI is InChI=1S/C6H4Cl2O2S/c7-6(8,5(9)10)4-2-1-3-11-4/h1-3H,(H,9,10). The van der Waals surface area contributed by atoms with Crippen molar-refractivity contribution in [1.82, 2.24) is 0 Å². The second-order valence-electron chi connectivity index (χ2n) is 1.86. The van der Waals surface area contributed by atoms with Gasteiger partial charge in [0.1, 0.15) is 0 Å². The Morgan fingerprint density at radius 2 is 2.27 bits per heavy atom. The maximum atomic E-state index is 10.5. The molecular weight excluding hydrogens is 207 g/mol. The van der Waals surface area contributed by atoms with Gasteiger partial charge in [-0.1, -0.05) is 29.3 Å². The lowest BCUT2D eigenvalue weighted by Crippen LogP contribution is -2.21. The van der Waals surface area contributed by atoms with Crippen LogP contribution in [0.1, 0.15) is 4.88 Å². The molecule has 2 nitrogen and oxygen atoms in total. The lowest BCUT2D eigenvalue weighted by molar-refractivity contribution is -0.137. The molecule has 1 aromatic rings. The fourth-order valence-corrected chi connectivity index (χ4v) is 1.65. The van der Waals surface area contributed by atoms with Crippen molar-refractivity contribution in [2.45, 2.75) is 4.33 Å². The van der Waals surface area contributed by atoms with E-state index < -0.39 is 10.3 Å². The third-order valence-corrected chi connectivity index (χ3v) is 3.04. The lowest BCUT2D eigenvalue weighted by atomic mass is 10.3. The first-order valence-corrected chi connectivity index (χ1v) is 4.34. The average Bonchev–Trinajstić information content (AvgIpc) is 2.37. The van der Waals surface area contributed by atoms with Crippen LogP contribution in [0.4, 0.5) is 0 Å². The molecule has 0 radical (unpaired) electrons. The number of hydrogen-bond acceptors (Lipinski definition) is 2. The van der Waals surface area contributed by atoms with Gasteiger partial charge >= 0.3 is 5.97 Å². The van der Waals surface area contributed by atoms with Crippen molar-refractivity contribution in [2.24, 2.45) is 0 Å². The van der Waals surface area contributed by atoms with Crippen LogP contribution in [0.5, 0.6) is 0 Å². The first-order valence-electron chi connectivity index (χ1n) is 2.70. The minimum atomic E-state index is -1.80. The van der Waals surface area contributed by atoms with Crippen LogP contribution in [0.15, 0.2) is 17.5 Å². The molecule has 0 unspecified atom stereocenters. The second kappa shape index (κ2) is 3.01. The Balaban J connectivity index is 3.00. The highest BCUT2D eigenvalue weighted by Crippen LogP contribution is 2.36. The second-order valence-corrected chi connectivity index (χ2v) is 4.13. The van der Waals surface area contributed by atoms with E-state index in [1.165, 1.54) is 11.3 Å². The van der Waals surface area contributed by atoms with Crippen LogP contribution in [0.25, 0.3) is 0 Å². The number of carboxylic acid groups (broad SMARTS) is 1. The molecule has 0 atom stereocenters. The summed E-state index contributed by atoms with van der Waals surface area (Å²) in [5.41, 5.74) is 0. The van der Waals surface area contributed by atoms with Crippen molar-refractivity contribution in [3.8, 4) is 0 Å². The summed E-state index contributed by atoms with van der Waals surface area (Å²) in [4.78, 5) is 10.9. The Bertz CT molecular complexity index is 256. The summed E-state index contributed by atoms with van der Waals surface area (Å²) in [6.45, 7) is 0. The number of carboxylic acids is 1. The zero-order valence-electron chi connectivity index (χ0n) is 5.25. The summed E-state index contributed by atoms with van der Waals surface area (Å²) in [5.74, 6) is -1.25. The smallest absolute Gasteiger partial charge is 0.345 e. The van der Waals surface area contributed by atoms with Crippen molar-refractivity contribution < 1.29 is 9.90 Å². The Morgan fingerprint density at radius 3 is 2.64 bits per heavy atom. The molecule has 1 rings (SSSR count). The molecule has 0 aromatic carbocycles. The van der Waals surface area contributed by atoms with E-state index in [0.717, 1.165) is 0 Å². The molecule has 0 spiro atoms. The number of alkyl halides is 2. The van der Waals surface area contributed by atoms with Crippen LogP contribution in [0, 0.1) is 0 Å². The molecule has 0 aliphatic rings. The third kappa shape index (κ3) is 1.67. The van der Waals surface area contributed by atoms with Crippen LogP contribution < -0.4 is 0 Å². The Kier molecular flexibility index (Phi) is 2.42. The molecular formula is C6H4Cl2O2S. The fourth-order valence-electron chi connectivity index (χ4n) is 0.563. The molecule has 1 heterocycles. The summed E-state index contributed by atoms with van der Waals surface area (Å²) in [6, 6.07) is 3.28. The number of aliphatic carboxylic acids is 1. The highest BCUT2D eigenvalue weighted by atomic mass is 35.5. The SMILES string of the molecule is O=C(O)C(Cl)(Cl)c1cccs1. The zero-order chi connectivity index (χ0) is 8.48. The van der Waals surface area contributed by atoms with Crippen molar-refractivity contribution in [3.63, 3.8) is 0 Å². The van der Waals surface area contributed by atoms with Gasteiger partial charge in [0.15, 0.2) is 0 Å². The predicted octanol–water partition coefficient (Wildman–Crippen LogP) is 2.46. The quantitative estimate of drug-likeness (QED) is 0.763. The first-order chi connectivity index (χ1) is 5.05. The summed E-state index contributed by atoms with van der Waals surface area (Å²) in [6.07, 6.45) is 0. The molecule has 0 aliphatic heterocycles. The monoisotopic (exact) mass is 210 g/mol. The van der Waals surface area contributed by atoms with Crippen LogP contribution in [-0.2, 0) is 9.13 Å². The van der Waals surface area contributed by atoms with Gasteiger partial charge in [-0.15, -0.1) is 11.3 Å². The normalized spacial score (nSPS) is 11.5. The summed E-state index contributed by atoms with van der Waals surface area (Å²) >= 11 is 12.2. The van der Waals surface area contributed by atoms with E-state index in [-0.39, 0.29) is 0 Å². The van der Waals surface area contributed by atoms with Gasteiger partial charge in [-0.05, 0) is 11.4 Å². The van der Waals surface area contributed by atoms with E-state index in [1.807, 2.05) is 0 Å². The van der Waals surface area contributed by atoms with Gasteiger partial charge in [-0.25, -0.2) is 4.79 Å². The number of halogens is 2. The van der Waals surface area contributed by atoms with Gasteiger partial charge in [0.2, 0.25) is 4.33 Å². The minimum Gasteiger partial charge on any atom is -0.479 e. The van der Waals surface area contributed by atoms with Crippen molar-refractivity contribution in [3.05, 3.63) is 22.4 Å².